The lowest BCUT2D eigenvalue weighted by molar-refractivity contribution is 0.0177. The van der Waals surface area contributed by atoms with Gasteiger partial charge in [-0.05, 0) is 42.0 Å². The monoisotopic (exact) mass is 556 g/mol. The average Bonchev–Trinajstić information content (AvgIpc) is 3.52. The van der Waals surface area contributed by atoms with Crippen LogP contribution in [0.15, 0.2) is 40.8 Å². The van der Waals surface area contributed by atoms with Gasteiger partial charge in [0.2, 0.25) is 0 Å². The van der Waals surface area contributed by atoms with Gasteiger partial charge < -0.3 is 20.3 Å². The Morgan fingerprint density at radius 2 is 2.00 bits per heavy atom. The molecule has 2 aromatic rings. The first kappa shape index (κ1) is 24.2. The molecule has 4 rings (SSSR count). The Morgan fingerprint density at radius 3 is 2.71 bits per heavy atom. The van der Waals surface area contributed by atoms with E-state index in [0.717, 1.165) is 64.3 Å². The normalized spacial score (nSPS) is 18.5. The number of hydrogen-bond donors (Lipinski definition) is 2. The summed E-state index contributed by atoms with van der Waals surface area (Å²) in [7, 11) is 1.83. The van der Waals surface area contributed by atoms with Gasteiger partial charge in [0.25, 0.3) is 0 Å². The lowest BCUT2D eigenvalue weighted by atomic mass is 10.2. The minimum absolute atomic E-state index is 0. The summed E-state index contributed by atoms with van der Waals surface area (Å²) >= 11 is 1.81. The summed E-state index contributed by atoms with van der Waals surface area (Å²) in [6.07, 6.45) is 4.43. The van der Waals surface area contributed by atoms with Gasteiger partial charge >= 0.3 is 0 Å². The Hall–Kier alpha value is -1.43. The maximum Gasteiger partial charge on any atom is 0.191 e. The number of aliphatic imine (C=N–C) groups is 1. The van der Waals surface area contributed by atoms with Gasteiger partial charge in [-0.25, -0.2) is 4.98 Å². The van der Waals surface area contributed by atoms with Crippen LogP contribution in [-0.4, -0.2) is 68.8 Å². The number of rotatable bonds is 7. The van der Waals surface area contributed by atoms with E-state index in [1.807, 2.05) is 24.6 Å². The lowest BCUT2D eigenvalue weighted by Crippen LogP contribution is -2.46. The molecular weight excluding hydrogens is 523 g/mol. The summed E-state index contributed by atoms with van der Waals surface area (Å²) in [6, 6.07) is 8.94. The molecular formula is C22H33IN6OS. The van der Waals surface area contributed by atoms with Gasteiger partial charge in [-0.15, -0.1) is 35.3 Å². The summed E-state index contributed by atoms with van der Waals surface area (Å²) < 4.78 is 5.54. The molecule has 4 heterocycles. The molecule has 0 aliphatic carbocycles. The molecule has 2 aliphatic heterocycles. The Labute approximate surface area is 206 Å². The number of anilines is 1. The molecule has 0 saturated carbocycles. The summed E-state index contributed by atoms with van der Waals surface area (Å²) in [5, 5.41) is 9.14. The number of pyridine rings is 1. The second-order valence-corrected chi connectivity index (χ2v) is 8.68. The number of guanidine groups is 1. The summed E-state index contributed by atoms with van der Waals surface area (Å²) in [6.45, 7) is 7.29. The van der Waals surface area contributed by atoms with E-state index in [4.69, 9.17) is 4.74 Å². The minimum Gasteiger partial charge on any atom is -0.379 e. The van der Waals surface area contributed by atoms with Gasteiger partial charge in [0, 0.05) is 57.4 Å². The van der Waals surface area contributed by atoms with E-state index in [-0.39, 0.29) is 24.0 Å². The van der Waals surface area contributed by atoms with Crippen molar-refractivity contribution < 1.29 is 4.74 Å². The maximum atomic E-state index is 5.54. The fourth-order valence-electron chi connectivity index (χ4n) is 4.07. The number of aromatic nitrogens is 1. The second kappa shape index (κ2) is 12.6. The number of nitrogens with one attached hydrogen (secondary N) is 2. The smallest absolute Gasteiger partial charge is 0.191 e. The average molecular weight is 557 g/mol. The maximum absolute atomic E-state index is 5.54. The molecule has 2 N–H and O–H groups in total. The lowest BCUT2D eigenvalue weighted by Gasteiger charge is -2.34. The van der Waals surface area contributed by atoms with E-state index >= 15 is 0 Å². The van der Waals surface area contributed by atoms with Gasteiger partial charge in [-0.3, -0.25) is 9.89 Å². The molecule has 7 nitrogen and oxygen atoms in total. The standard InChI is InChI=1S/C22H32N6OS.HI/c1-23-22(25-16-18-6-7-24-21(15-18)28-8-2-3-9-28)26-17-19(20-5-4-14-30-20)27-10-12-29-13-11-27;/h4-7,14-15,19H,2-3,8-13,16-17H2,1H3,(H2,23,25,26);1H. The topological polar surface area (TPSA) is 65.0 Å². The highest BCUT2D eigenvalue weighted by Gasteiger charge is 2.23. The predicted octanol–water partition coefficient (Wildman–Crippen LogP) is 3.10. The van der Waals surface area contributed by atoms with Crippen molar-refractivity contribution in [2.45, 2.75) is 25.4 Å². The Bertz CT molecular complexity index is 806. The van der Waals surface area contributed by atoms with Gasteiger partial charge in [-0.1, -0.05) is 6.07 Å². The Balaban J connectivity index is 0.00000272. The number of thiophene rings is 1. The van der Waals surface area contributed by atoms with E-state index in [1.165, 1.54) is 23.3 Å². The Morgan fingerprint density at radius 1 is 1.19 bits per heavy atom. The van der Waals surface area contributed by atoms with Crippen LogP contribution in [0.5, 0.6) is 0 Å². The van der Waals surface area contributed by atoms with Crippen LogP contribution in [0.25, 0.3) is 0 Å². The van der Waals surface area contributed by atoms with Crippen molar-refractivity contribution in [3.8, 4) is 0 Å². The van der Waals surface area contributed by atoms with Gasteiger partial charge in [0.05, 0.1) is 19.3 Å². The zero-order valence-corrected chi connectivity index (χ0v) is 21.3. The SMILES string of the molecule is CN=C(NCc1ccnc(N2CCCC2)c1)NCC(c1cccs1)N1CCOCC1.I. The highest BCUT2D eigenvalue weighted by atomic mass is 127. The fraction of sp³-hybridized carbons (Fsp3) is 0.545. The Kier molecular flexibility index (Phi) is 9.82. The van der Waals surface area contributed by atoms with Gasteiger partial charge in [0.15, 0.2) is 5.96 Å². The van der Waals surface area contributed by atoms with Crippen LogP contribution >= 0.6 is 35.3 Å². The van der Waals surface area contributed by atoms with E-state index in [2.05, 4.69) is 60.1 Å². The zero-order valence-electron chi connectivity index (χ0n) is 18.1. The first-order valence-electron chi connectivity index (χ1n) is 10.8. The van der Waals surface area contributed by atoms with E-state index in [1.54, 1.807) is 0 Å². The van der Waals surface area contributed by atoms with Crippen LogP contribution < -0.4 is 15.5 Å². The van der Waals surface area contributed by atoms with Crippen LogP contribution in [0, 0.1) is 0 Å². The molecule has 0 spiro atoms. The van der Waals surface area contributed by atoms with Crippen molar-refractivity contribution in [2.75, 3.05) is 57.9 Å². The van der Waals surface area contributed by atoms with E-state index < -0.39 is 0 Å². The quantitative estimate of drug-likeness (QED) is 0.311. The third-order valence-corrected chi connectivity index (χ3v) is 6.72. The largest absolute Gasteiger partial charge is 0.379 e. The molecule has 31 heavy (non-hydrogen) atoms. The minimum atomic E-state index is 0. The third-order valence-electron chi connectivity index (χ3n) is 5.74. The number of ether oxygens (including phenoxy) is 1. The van der Waals surface area contributed by atoms with Crippen LogP contribution in [0.4, 0.5) is 5.82 Å². The van der Waals surface area contributed by atoms with Crippen molar-refractivity contribution in [1.29, 1.82) is 0 Å². The summed E-state index contributed by atoms with van der Waals surface area (Å²) in [5.74, 6) is 1.91. The summed E-state index contributed by atoms with van der Waals surface area (Å²) in [5.41, 5.74) is 1.22. The van der Waals surface area contributed by atoms with Crippen molar-refractivity contribution >= 4 is 47.1 Å². The van der Waals surface area contributed by atoms with E-state index in [0.29, 0.717) is 6.04 Å². The predicted molar refractivity (Wildman–Crippen MR) is 139 cm³/mol. The highest BCUT2D eigenvalue weighted by molar-refractivity contribution is 14.0. The number of halogens is 1. The number of hydrogen-bond acceptors (Lipinski definition) is 6. The molecule has 0 amide bonds. The zero-order chi connectivity index (χ0) is 20.6. The van der Waals surface area contributed by atoms with Crippen LogP contribution in [0.3, 0.4) is 0 Å². The third kappa shape index (κ3) is 6.77. The molecule has 1 atom stereocenters. The van der Waals surface area contributed by atoms with Crippen LogP contribution in [-0.2, 0) is 11.3 Å². The first-order chi connectivity index (χ1) is 14.8. The molecule has 170 valence electrons. The van der Waals surface area contributed by atoms with Crippen molar-refractivity contribution in [1.82, 2.24) is 20.5 Å². The highest BCUT2D eigenvalue weighted by Crippen LogP contribution is 2.25. The molecule has 2 aliphatic rings. The van der Waals surface area contributed by atoms with Crippen LogP contribution in [0.1, 0.15) is 29.3 Å². The van der Waals surface area contributed by atoms with Crippen molar-refractivity contribution in [3.05, 3.63) is 46.3 Å². The van der Waals surface area contributed by atoms with Crippen molar-refractivity contribution in [2.24, 2.45) is 4.99 Å². The van der Waals surface area contributed by atoms with Gasteiger partial charge in [-0.2, -0.15) is 0 Å². The van der Waals surface area contributed by atoms with E-state index in [9.17, 15) is 0 Å². The molecule has 0 bridgehead atoms. The number of morpholine rings is 1. The first-order valence-corrected chi connectivity index (χ1v) is 11.7. The molecule has 0 aromatic carbocycles. The molecule has 2 aromatic heterocycles. The molecule has 9 heteroatoms. The van der Waals surface area contributed by atoms with Gasteiger partial charge in [0.1, 0.15) is 5.82 Å². The molecule has 1 unspecified atom stereocenters. The van der Waals surface area contributed by atoms with Crippen LogP contribution in [0.2, 0.25) is 0 Å². The van der Waals surface area contributed by atoms with Crippen molar-refractivity contribution in [3.63, 3.8) is 0 Å². The number of nitrogens with zero attached hydrogens (tertiary/aromatic N) is 4. The molecule has 2 fully saturated rings. The molecule has 2 saturated heterocycles. The summed E-state index contributed by atoms with van der Waals surface area (Å²) in [4.78, 5) is 15.2. The second-order valence-electron chi connectivity index (χ2n) is 7.70. The fourth-order valence-corrected chi connectivity index (χ4v) is 4.93. The molecule has 0 radical (unpaired) electrons.